The molecule has 1 aromatic heterocycles. The Morgan fingerprint density at radius 1 is 1.44 bits per heavy atom. The summed E-state index contributed by atoms with van der Waals surface area (Å²) in [4.78, 5) is 23.4. The first kappa shape index (κ1) is 14.5. The molecule has 1 heterocycles. The van der Waals surface area contributed by atoms with Crippen molar-refractivity contribution in [2.75, 3.05) is 19.0 Å². The Kier molecular flexibility index (Phi) is 4.72. The monoisotopic (exact) mass is 271 g/mol. The van der Waals surface area contributed by atoms with Crippen LogP contribution in [-0.4, -0.2) is 30.7 Å². The zero-order valence-corrected chi connectivity index (χ0v) is 11.7. The van der Waals surface area contributed by atoms with E-state index in [-0.39, 0.29) is 6.54 Å². The van der Waals surface area contributed by atoms with Gasteiger partial charge in [0.1, 0.15) is 5.00 Å². The summed E-state index contributed by atoms with van der Waals surface area (Å²) in [6, 6.07) is 0. The first-order chi connectivity index (χ1) is 8.38. The zero-order valence-electron chi connectivity index (χ0n) is 10.9. The van der Waals surface area contributed by atoms with Gasteiger partial charge in [0.05, 0.1) is 18.6 Å². The molecule has 6 heteroatoms. The Balaban J connectivity index is 2.92. The number of carbonyl (C=O) groups is 2. The minimum absolute atomic E-state index is 0.277. The first-order valence-electron chi connectivity index (χ1n) is 5.53. The standard InChI is InChI=1S/C12H17NO4S/c1-6(11(14)15)5-13-10-9(12(16)17-4)7(2)8(3)18-10/h6,13H,5H2,1-4H3,(H,14,15). The summed E-state index contributed by atoms with van der Waals surface area (Å²) in [5, 5.41) is 12.5. The van der Waals surface area contributed by atoms with E-state index in [0.29, 0.717) is 10.6 Å². The van der Waals surface area contributed by atoms with Crippen LogP contribution in [-0.2, 0) is 9.53 Å². The number of carbonyl (C=O) groups excluding carboxylic acids is 1. The molecule has 0 saturated heterocycles. The predicted octanol–water partition coefficient (Wildman–Crippen LogP) is 2.28. The molecule has 1 aromatic rings. The second-order valence-electron chi connectivity index (χ2n) is 4.10. The first-order valence-corrected chi connectivity index (χ1v) is 6.35. The molecule has 0 aromatic carbocycles. The number of methoxy groups -OCH3 is 1. The molecular formula is C12H17NO4S. The fraction of sp³-hybridized carbons (Fsp3) is 0.500. The number of carboxylic acids is 1. The van der Waals surface area contributed by atoms with Crippen LogP contribution in [0.25, 0.3) is 0 Å². The van der Waals surface area contributed by atoms with Crippen molar-refractivity contribution in [2.24, 2.45) is 5.92 Å². The highest BCUT2D eigenvalue weighted by Gasteiger charge is 2.21. The van der Waals surface area contributed by atoms with Crippen molar-refractivity contribution >= 4 is 28.3 Å². The van der Waals surface area contributed by atoms with Crippen molar-refractivity contribution in [1.82, 2.24) is 0 Å². The van der Waals surface area contributed by atoms with Crippen LogP contribution in [0.5, 0.6) is 0 Å². The maximum absolute atomic E-state index is 11.7. The van der Waals surface area contributed by atoms with Crippen LogP contribution in [0.4, 0.5) is 5.00 Å². The molecule has 0 bridgehead atoms. The van der Waals surface area contributed by atoms with Gasteiger partial charge in [0.2, 0.25) is 0 Å². The van der Waals surface area contributed by atoms with Crippen molar-refractivity contribution in [3.8, 4) is 0 Å². The number of carboxylic acid groups (broad SMARTS) is 1. The summed E-state index contributed by atoms with van der Waals surface area (Å²) >= 11 is 1.43. The highest BCUT2D eigenvalue weighted by molar-refractivity contribution is 7.16. The molecule has 0 aliphatic rings. The van der Waals surface area contributed by atoms with Crippen LogP contribution in [0.15, 0.2) is 0 Å². The van der Waals surface area contributed by atoms with Gasteiger partial charge in [-0.05, 0) is 19.4 Å². The smallest absolute Gasteiger partial charge is 0.341 e. The van der Waals surface area contributed by atoms with E-state index < -0.39 is 17.9 Å². The number of hydrogen-bond acceptors (Lipinski definition) is 5. The van der Waals surface area contributed by atoms with Gasteiger partial charge in [0.25, 0.3) is 0 Å². The largest absolute Gasteiger partial charge is 0.481 e. The molecule has 18 heavy (non-hydrogen) atoms. The average Bonchev–Trinajstić information content (AvgIpc) is 2.61. The number of esters is 1. The van der Waals surface area contributed by atoms with Crippen molar-refractivity contribution in [3.05, 3.63) is 16.0 Å². The van der Waals surface area contributed by atoms with Gasteiger partial charge in [-0.3, -0.25) is 4.79 Å². The van der Waals surface area contributed by atoms with Crippen LogP contribution in [0.2, 0.25) is 0 Å². The molecule has 0 saturated carbocycles. The number of rotatable bonds is 5. The van der Waals surface area contributed by atoms with Gasteiger partial charge in [0.15, 0.2) is 0 Å². The third-order valence-corrected chi connectivity index (χ3v) is 3.93. The Hall–Kier alpha value is -1.56. The Morgan fingerprint density at radius 2 is 2.06 bits per heavy atom. The van der Waals surface area contributed by atoms with Crippen molar-refractivity contribution in [3.63, 3.8) is 0 Å². The van der Waals surface area contributed by atoms with Crippen LogP contribution >= 0.6 is 11.3 Å². The second kappa shape index (κ2) is 5.86. The summed E-state index contributed by atoms with van der Waals surface area (Å²) in [6.45, 7) is 5.65. The van der Waals surface area contributed by atoms with Crippen molar-refractivity contribution in [1.29, 1.82) is 0 Å². The highest BCUT2D eigenvalue weighted by Crippen LogP contribution is 2.32. The van der Waals surface area contributed by atoms with Gasteiger partial charge < -0.3 is 15.2 Å². The zero-order chi connectivity index (χ0) is 13.9. The van der Waals surface area contributed by atoms with Crippen LogP contribution in [0.3, 0.4) is 0 Å². The van der Waals surface area contributed by atoms with Crippen molar-refractivity contribution in [2.45, 2.75) is 20.8 Å². The number of anilines is 1. The third kappa shape index (κ3) is 3.01. The van der Waals surface area contributed by atoms with E-state index in [1.54, 1.807) is 6.92 Å². The van der Waals surface area contributed by atoms with Gasteiger partial charge in [-0.25, -0.2) is 4.79 Å². The summed E-state index contributed by atoms with van der Waals surface area (Å²) < 4.78 is 4.74. The average molecular weight is 271 g/mol. The molecule has 1 unspecified atom stereocenters. The molecule has 1 atom stereocenters. The summed E-state index contributed by atoms with van der Waals surface area (Å²) in [6.07, 6.45) is 0. The molecule has 0 amide bonds. The fourth-order valence-electron chi connectivity index (χ4n) is 1.43. The number of thiophene rings is 1. The topological polar surface area (TPSA) is 75.6 Å². The maximum Gasteiger partial charge on any atom is 0.341 e. The van der Waals surface area contributed by atoms with E-state index in [0.717, 1.165) is 10.4 Å². The van der Waals surface area contributed by atoms with Crippen LogP contribution in [0, 0.1) is 19.8 Å². The van der Waals surface area contributed by atoms with Gasteiger partial charge >= 0.3 is 11.9 Å². The molecule has 0 radical (unpaired) electrons. The highest BCUT2D eigenvalue weighted by atomic mass is 32.1. The van der Waals surface area contributed by atoms with Gasteiger partial charge in [-0.2, -0.15) is 0 Å². The Labute approximate surface area is 110 Å². The molecule has 5 nitrogen and oxygen atoms in total. The quantitative estimate of drug-likeness (QED) is 0.804. The lowest BCUT2D eigenvalue weighted by Crippen LogP contribution is -2.20. The summed E-state index contributed by atoms with van der Waals surface area (Å²) in [5.74, 6) is -1.78. The van der Waals surface area contributed by atoms with Gasteiger partial charge in [-0.15, -0.1) is 11.3 Å². The lowest BCUT2D eigenvalue weighted by molar-refractivity contribution is -0.140. The molecule has 100 valence electrons. The number of nitrogens with one attached hydrogen (secondary N) is 1. The van der Waals surface area contributed by atoms with E-state index in [1.165, 1.54) is 18.4 Å². The minimum Gasteiger partial charge on any atom is -0.481 e. The third-order valence-electron chi connectivity index (χ3n) is 2.77. The number of ether oxygens (including phenoxy) is 1. The van der Waals surface area contributed by atoms with E-state index in [1.807, 2.05) is 13.8 Å². The van der Waals surface area contributed by atoms with Crippen LogP contribution in [0.1, 0.15) is 27.7 Å². The lowest BCUT2D eigenvalue weighted by Gasteiger charge is -2.09. The fourth-order valence-corrected chi connectivity index (χ4v) is 2.49. The van der Waals surface area contributed by atoms with E-state index in [2.05, 4.69) is 5.32 Å². The molecule has 0 fully saturated rings. The SMILES string of the molecule is COC(=O)c1c(NCC(C)C(=O)O)sc(C)c1C. The van der Waals surface area contributed by atoms with Gasteiger partial charge in [-0.1, -0.05) is 6.92 Å². The predicted molar refractivity (Wildman–Crippen MR) is 70.4 cm³/mol. The second-order valence-corrected chi connectivity index (χ2v) is 5.32. The summed E-state index contributed by atoms with van der Waals surface area (Å²) in [5.41, 5.74) is 1.37. The summed E-state index contributed by atoms with van der Waals surface area (Å²) in [7, 11) is 1.33. The molecule has 0 spiro atoms. The maximum atomic E-state index is 11.7. The minimum atomic E-state index is -0.868. The normalized spacial score (nSPS) is 12.0. The molecule has 1 rings (SSSR count). The van der Waals surface area contributed by atoms with Crippen molar-refractivity contribution < 1.29 is 19.4 Å². The number of hydrogen-bond donors (Lipinski definition) is 2. The van der Waals surface area contributed by atoms with Crippen LogP contribution < -0.4 is 5.32 Å². The number of aryl methyl sites for hydroxylation is 1. The van der Waals surface area contributed by atoms with E-state index in [4.69, 9.17) is 9.84 Å². The molecule has 0 aliphatic heterocycles. The molecular weight excluding hydrogens is 254 g/mol. The Bertz CT molecular complexity index is 467. The van der Waals surface area contributed by atoms with E-state index >= 15 is 0 Å². The van der Waals surface area contributed by atoms with Gasteiger partial charge in [0, 0.05) is 11.4 Å². The Morgan fingerprint density at radius 3 is 2.56 bits per heavy atom. The van der Waals surface area contributed by atoms with E-state index in [9.17, 15) is 9.59 Å². The number of aliphatic carboxylic acids is 1. The lowest BCUT2D eigenvalue weighted by atomic mass is 10.1. The molecule has 0 aliphatic carbocycles. The molecule has 2 N–H and O–H groups in total.